The lowest BCUT2D eigenvalue weighted by Gasteiger charge is -2.34. The van der Waals surface area contributed by atoms with Crippen molar-refractivity contribution in [3.8, 4) is 5.75 Å². The van der Waals surface area contributed by atoms with Gasteiger partial charge < -0.3 is 20.5 Å². The number of carbonyl (C=O) groups excluding carboxylic acids is 1. The normalized spacial score (nSPS) is 22.0. The summed E-state index contributed by atoms with van der Waals surface area (Å²) in [6.45, 7) is 4.48. The van der Waals surface area contributed by atoms with Gasteiger partial charge in [-0.1, -0.05) is 18.2 Å². The summed E-state index contributed by atoms with van der Waals surface area (Å²) in [5.74, 6) is 0.950. The van der Waals surface area contributed by atoms with E-state index < -0.39 is 6.36 Å². The van der Waals surface area contributed by atoms with Crippen LogP contribution in [0.25, 0.3) is 0 Å². The van der Waals surface area contributed by atoms with E-state index in [0.29, 0.717) is 24.7 Å². The topological polar surface area (TPSA) is 68.9 Å². The minimum Gasteiger partial charge on any atom is -0.406 e. The number of nitrogens with one attached hydrogen (secondary N) is 3. The van der Waals surface area contributed by atoms with Crippen molar-refractivity contribution in [2.75, 3.05) is 37.0 Å². The zero-order valence-corrected chi connectivity index (χ0v) is 18.7. The van der Waals surface area contributed by atoms with Gasteiger partial charge in [-0.2, -0.15) is 0 Å². The number of anilines is 2. The molecule has 2 atom stereocenters. The van der Waals surface area contributed by atoms with Gasteiger partial charge in [-0.15, -0.1) is 18.7 Å². The van der Waals surface area contributed by atoms with Gasteiger partial charge in [-0.25, -0.2) is 0 Å². The second-order valence-electron chi connectivity index (χ2n) is 9.29. The number of benzene rings is 2. The number of alkyl halides is 3. The molecule has 0 unspecified atom stereocenters. The smallest absolute Gasteiger partial charge is 0.406 e. The van der Waals surface area contributed by atoms with Crippen molar-refractivity contribution in [2.45, 2.75) is 32.2 Å². The highest BCUT2D eigenvalue weighted by atomic mass is 19.4. The summed E-state index contributed by atoms with van der Waals surface area (Å²) in [7, 11) is 0. The van der Waals surface area contributed by atoms with Crippen molar-refractivity contribution >= 4 is 17.3 Å². The molecule has 0 spiro atoms. The first-order chi connectivity index (χ1) is 16.3. The lowest BCUT2D eigenvalue weighted by atomic mass is 9.88. The third kappa shape index (κ3) is 5.39. The van der Waals surface area contributed by atoms with Crippen LogP contribution in [0.2, 0.25) is 0 Å². The number of amides is 1. The second kappa shape index (κ2) is 9.34. The summed E-state index contributed by atoms with van der Waals surface area (Å²) in [6, 6.07) is 12.1. The molecular formula is C24H28F3N5O2. The molecule has 3 aliphatic rings. The van der Waals surface area contributed by atoms with Crippen molar-refractivity contribution in [3.05, 3.63) is 53.6 Å². The minimum absolute atomic E-state index is 0.109. The quantitative estimate of drug-likeness (QED) is 0.591. The standard InChI is InChI=1S/C24H28F3N5O2/c25-24(26,27)34-20-5-1-16(2-6-20)4-8-23(33)32-10-9-18-13-31(14-19(18)15-32)12-17-3-7-21-22(11-17)29-30-28-21/h1-3,5-7,11,18-19,28-30H,4,8-10,12-15H2/t18-,19+/m1/s1. The van der Waals surface area contributed by atoms with E-state index in [1.165, 1.54) is 17.7 Å². The maximum absolute atomic E-state index is 12.8. The van der Waals surface area contributed by atoms with Crippen molar-refractivity contribution < 1.29 is 22.7 Å². The lowest BCUT2D eigenvalue weighted by Crippen LogP contribution is -2.43. The van der Waals surface area contributed by atoms with Gasteiger partial charge in [0.25, 0.3) is 0 Å². The van der Waals surface area contributed by atoms with Gasteiger partial charge in [0.15, 0.2) is 0 Å². The molecule has 3 N–H and O–H groups in total. The average Bonchev–Trinajstić information content (AvgIpc) is 3.42. The number of hydrazine groups is 2. The molecule has 0 radical (unpaired) electrons. The molecule has 2 fully saturated rings. The molecule has 2 aromatic carbocycles. The van der Waals surface area contributed by atoms with Crippen LogP contribution in [0.1, 0.15) is 24.0 Å². The van der Waals surface area contributed by atoms with Crippen LogP contribution in [0, 0.1) is 11.8 Å². The predicted molar refractivity (Wildman–Crippen MR) is 122 cm³/mol. The maximum Gasteiger partial charge on any atom is 0.573 e. The summed E-state index contributed by atoms with van der Waals surface area (Å²) in [5, 5.41) is 0. The van der Waals surface area contributed by atoms with Crippen molar-refractivity contribution in [1.29, 1.82) is 0 Å². The number of ether oxygens (including phenoxy) is 1. The number of rotatable bonds is 6. The monoisotopic (exact) mass is 475 g/mol. The highest BCUT2D eigenvalue weighted by molar-refractivity contribution is 5.76. The molecule has 2 aromatic rings. The van der Waals surface area contributed by atoms with Gasteiger partial charge in [-0.05, 0) is 60.1 Å². The SMILES string of the molecule is O=C(CCc1ccc(OC(F)(F)F)cc1)N1CC[C@@H]2CN(Cc3ccc4c(c3)NNN4)C[C@H]2C1. The fourth-order valence-electron chi connectivity index (χ4n) is 5.21. The Balaban J connectivity index is 1.09. The van der Waals surface area contributed by atoms with Crippen LogP contribution in [-0.2, 0) is 17.8 Å². The highest BCUT2D eigenvalue weighted by Crippen LogP contribution is 2.33. The van der Waals surface area contributed by atoms with Crippen LogP contribution in [-0.4, -0.2) is 48.2 Å². The number of fused-ring (bicyclic) bond motifs is 2. The predicted octanol–water partition coefficient (Wildman–Crippen LogP) is 3.76. The molecule has 1 amide bonds. The zero-order valence-electron chi connectivity index (χ0n) is 18.7. The molecular weight excluding hydrogens is 447 g/mol. The van der Waals surface area contributed by atoms with Crippen molar-refractivity contribution in [2.24, 2.45) is 11.8 Å². The molecule has 3 aliphatic heterocycles. The Morgan fingerprint density at radius 2 is 1.71 bits per heavy atom. The van der Waals surface area contributed by atoms with E-state index in [9.17, 15) is 18.0 Å². The molecule has 3 heterocycles. The number of hydrogen-bond donors (Lipinski definition) is 3. The van der Waals surface area contributed by atoms with Gasteiger partial charge in [-0.3, -0.25) is 9.69 Å². The van der Waals surface area contributed by atoms with Crippen molar-refractivity contribution in [1.82, 2.24) is 15.3 Å². The molecule has 0 saturated carbocycles. The molecule has 182 valence electrons. The summed E-state index contributed by atoms with van der Waals surface area (Å²) in [4.78, 5) is 17.3. The summed E-state index contributed by atoms with van der Waals surface area (Å²) < 4.78 is 40.8. The van der Waals surface area contributed by atoms with Crippen LogP contribution in [0.5, 0.6) is 5.75 Å². The average molecular weight is 476 g/mol. The van der Waals surface area contributed by atoms with Crippen LogP contribution in [0.3, 0.4) is 0 Å². The number of halogens is 3. The Hall–Kier alpha value is -2.98. The Morgan fingerprint density at radius 3 is 2.50 bits per heavy atom. The summed E-state index contributed by atoms with van der Waals surface area (Å²) in [6.07, 6.45) is -2.84. The molecule has 0 aromatic heterocycles. The molecule has 2 saturated heterocycles. The first kappa shape index (κ1) is 22.8. The van der Waals surface area contributed by atoms with E-state index in [2.05, 4.69) is 44.2 Å². The largest absolute Gasteiger partial charge is 0.573 e. The van der Waals surface area contributed by atoms with Crippen LogP contribution in [0.15, 0.2) is 42.5 Å². The molecule has 10 heteroatoms. The van der Waals surface area contributed by atoms with E-state index in [0.717, 1.165) is 56.1 Å². The Bertz CT molecular complexity index is 1030. The molecule has 0 aliphatic carbocycles. The van der Waals surface area contributed by atoms with Gasteiger partial charge in [0, 0.05) is 39.1 Å². The van der Waals surface area contributed by atoms with Crippen molar-refractivity contribution in [3.63, 3.8) is 0 Å². The van der Waals surface area contributed by atoms with E-state index in [1.54, 1.807) is 12.1 Å². The molecule has 34 heavy (non-hydrogen) atoms. The Morgan fingerprint density at radius 1 is 0.971 bits per heavy atom. The van der Waals surface area contributed by atoms with Gasteiger partial charge in [0.1, 0.15) is 5.75 Å². The summed E-state index contributed by atoms with van der Waals surface area (Å²) in [5.41, 5.74) is 13.2. The summed E-state index contributed by atoms with van der Waals surface area (Å²) >= 11 is 0. The van der Waals surface area contributed by atoms with E-state index >= 15 is 0 Å². The minimum atomic E-state index is -4.70. The molecule has 7 nitrogen and oxygen atoms in total. The first-order valence-electron chi connectivity index (χ1n) is 11.6. The first-order valence-corrected chi connectivity index (χ1v) is 11.6. The molecule has 5 rings (SSSR count). The highest BCUT2D eigenvalue weighted by Gasteiger charge is 2.38. The fraction of sp³-hybridized carbons (Fsp3) is 0.458. The second-order valence-corrected chi connectivity index (χ2v) is 9.29. The van der Waals surface area contributed by atoms with Crippen LogP contribution < -0.4 is 21.1 Å². The number of piperidine rings is 1. The molecule has 0 bridgehead atoms. The number of aryl methyl sites for hydroxylation is 1. The number of carbonyl (C=O) groups is 1. The van der Waals surface area contributed by atoms with Crippen LogP contribution >= 0.6 is 0 Å². The lowest BCUT2D eigenvalue weighted by molar-refractivity contribution is -0.274. The van der Waals surface area contributed by atoms with Gasteiger partial charge >= 0.3 is 6.36 Å². The van der Waals surface area contributed by atoms with E-state index in [-0.39, 0.29) is 11.7 Å². The van der Waals surface area contributed by atoms with Gasteiger partial charge in [0.2, 0.25) is 5.91 Å². The zero-order chi connectivity index (χ0) is 23.7. The maximum atomic E-state index is 12.8. The third-order valence-corrected chi connectivity index (χ3v) is 6.90. The number of hydrogen-bond acceptors (Lipinski definition) is 6. The van der Waals surface area contributed by atoms with E-state index in [1.807, 2.05) is 4.90 Å². The number of likely N-dealkylation sites (tertiary alicyclic amines) is 2. The number of nitrogens with zero attached hydrogens (tertiary/aromatic N) is 2. The Kier molecular flexibility index (Phi) is 6.26. The van der Waals surface area contributed by atoms with E-state index in [4.69, 9.17) is 0 Å². The van der Waals surface area contributed by atoms with Crippen LogP contribution in [0.4, 0.5) is 24.5 Å². The third-order valence-electron chi connectivity index (χ3n) is 6.90. The fourth-order valence-corrected chi connectivity index (χ4v) is 5.21. The van der Waals surface area contributed by atoms with Gasteiger partial charge in [0.05, 0.1) is 11.4 Å². The Labute approximate surface area is 196 Å².